The van der Waals surface area contributed by atoms with Gasteiger partial charge < -0.3 is 17.5 Å². The Kier molecular flexibility index (Phi) is 10.5. The molecule has 0 fully saturated rings. The van der Waals surface area contributed by atoms with Crippen LogP contribution in [0.2, 0.25) is 0 Å². The Morgan fingerprint density at radius 3 is 2.09 bits per heavy atom. The van der Waals surface area contributed by atoms with Crippen molar-refractivity contribution in [1.82, 2.24) is 0 Å². The van der Waals surface area contributed by atoms with Gasteiger partial charge in [-0.25, -0.2) is 0 Å². The molecule has 0 amide bonds. The smallest absolute Gasteiger partial charge is 1.00 e. The van der Waals surface area contributed by atoms with Crippen LogP contribution >= 0.6 is 0 Å². The summed E-state index contributed by atoms with van der Waals surface area (Å²) in [7, 11) is 0. The van der Waals surface area contributed by atoms with Crippen molar-refractivity contribution in [3.8, 4) is 0 Å². The van der Waals surface area contributed by atoms with E-state index in [1.54, 1.807) is 0 Å². The molecular weight excluding hydrogens is 172 g/mol. The summed E-state index contributed by atoms with van der Waals surface area (Å²) in [4.78, 5) is 0. The molecule has 0 aliphatic rings. The van der Waals surface area contributed by atoms with Crippen molar-refractivity contribution in [2.24, 2.45) is 0 Å². The van der Waals surface area contributed by atoms with E-state index in [1.165, 1.54) is 5.56 Å². The molecule has 3 heteroatoms. The van der Waals surface area contributed by atoms with Gasteiger partial charge >= 0.3 is 23.1 Å². The maximum atomic E-state index is 8.52. The molecule has 0 saturated heterocycles. The Balaban J connectivity index is 0. The summed E-state index contributed by atoms with van der Waals surface area (Å²) in [5.74, 6) is 0. The van der Waals surface area contributed by atoms with Crippen LogP contribution in [0, 0.1) is 0 Å². The second kappa shape index (κ2) is 8.33. The van der Waals surface area contributed by atoms with Crippen LogP contribution in [0.5, 0.6) is 0 Å². The third-order valence-corrected chi connectivity index (χ3v) is 1.24. The van der Waals surface area contributed by atoms with E-state index in [1.807, 2.05) is 30.3 Å². The molecule has 56 valence electrons. The Bertz CT molecular complexity index is 167. The summed E-state index contributed by atoms with van der Waals surface area (Å²) in [6, 6.07) is 9.95. The fraction of sp³-hybridized carbons (Fsp3) is 0.250. The van der Waals surface area contributed by atoms with Gasteiger partial charge in [-0.05, 0) is 12.0 Å². The van der Waals surface area contributed by atoms with E-state index in [4.69, 9.17) is 5.11 Å². The molecule has 11 heavy (non-hydrogen) atoms. The Hall–Kier alpha value is 0.236. The SMILES string of the molecule is OCCc1ccccc1.[Cl-].[Mg+2]. The van der Waals surface area contributed by atoms with Crippen LogP contribution < -0.4 is 12.4 Å². The van der Waals surface area contributed by atoms with Gasteiger partial charge in [0.15, 0.2) is 0 Å². The van der Waals surface area contributed by atoms with Gasteiger partial charge in [-0.2, -0.15) is 0 Å². The van der Waals surface area contributed by atoms with Crippen LogP contribution in [-0.2, 0) is 6.42 Å². The van der Waals surface area contributed by atoms with Crippen LogP contribution in [0.25, 0.3) is 0 Å². The molecule has 0 spiro atoms. The minimum absolute atomic E-state index is 0. The molecule has 1 nitrogen and oxygen atoms in total. The van der Waals surface area contributed by atoms with Crippen LogP contribution in [0.1, 0.15) is 5.56 Å². The third kappa shape index (κ3) is 5.50. The van der Waals surface area contributed by atoms with Gasteiger partial charge in [0, 0.05) is 6.61 Å². The van der Waals surface area contributed by atoms with Gasteiger partial charge in [0.2, 0.25) is 0 Å². The first-order valence-corrected chi connectivity index (χ1v) is 3.08. The number of hydrogen-bond donors (Lipinski definition) is 1. The van der Waals surface area contributed by atoms with E-state index in [-0.39, 0.29) is 42.1 Å². The average molecular weight is 182 g/mol. The summed E-state index contributed by atoms with van der Waals surface area (Å²) in [5.41, 5.74) is 1.19. The molecule has 0 radical (unpaired) electrons. The molecule has 0 bridgehead atoms. The minimum Gasteiger partial charge on any atom is -1.00 e. The van der Waals surface area contributed by atoms with Crippen LogP contribution in [0.3, 0.4) is 0 Å². The average Bonchev–Trinajstić information content (AvgIpc) is 1.91. The van der Waals surface area contributed by atoms with E-state index in [9.17, 15) is 0 Å². The molecule has 0 heterocycles. The Morgan fingerprint density at radius 1 is 1.09 bits per heavy atom. The molecule has 1 rings (SSSR count). The van der Waals surface area contributed by atoms with E-state index in [0.29, 0.717) is 0 Å². The fourth-order valence-electron chi connectivity index (χ4n) is 0.774. The van der Waals surface area contributed by atoms with Gasteiger partial charge in [0.25, 0.3) is 0 Å². The molecule has 1 N–H and O–H groups in total. The minimum atomic E-state index is 0. The van der Waals surface area contributed by atoms with Gasteiger partial charge in [-0.3, -0.25) is 0 Å². The number of rotatable bonds is 2. The van der Waals surface area contributed by atoms with Crippen LogP contribution in [-0.4, -0.2) is 34.8 Å². The first kappa shape index (κ1) is 13.8. The molecule has 0 atom stereocenters. The van der Waals surface area contributed by atoms with Gasteiger partial charge in [0.1, 0.15) is 0 Å². The van der Waals surface area contributed by atoms with Crippen molar-refractivity contribution in [3.05, 3.63) is 35.9 Å². The largest absolute Gasteiger partial charge is 2.00 e. The van der Waals surface area contributed by atoms with Crippen molar-refractivity contribution < 1.29 is 17.5 Å². The zero-order valence-electron chi connectivity index (χ0n) is 6.33. The van der Waals surface area contributed by atoms with Crippen molar-refractivity contribution in [2.75, 3.05) is 6.61 Å². The summed E-state index contributed by atoms with van der Waals surface area (Å²) in [6.45, 7) is 0.240. The number of benzene rings is 1. The maximum absolute atomic E-state index is 8.52. The topological polar surface area (TPSA) is 20.2 Å². The summed E-state index contributed by atoms with van der Waals surface area (Å²) in [6.07, 6.45) is 0.765. The first-order chi connectivity index (χ1) is 4.43. The molecule has 0 aromatic heterocycles. The summed E-state index contributed by atoms with van der Waals surface area (Å²) >= 11 is 0. The second-order valence-corrected chi connectivity index (χ2v) is 1.96. The second-order valence-electron chi connectivity index (χ2n) is 1.96. The van der Waals surface area contributed by atoms with Gasteiger partial charge in [-0.15, -0.1) is 0 Å². The van der Waals surface area contributed by atoms with Gasteiger partial charge in [-0.1, -0.05) is 30.3 Å². The Labute approximate surface area is 89.4 Å². The van der Waals surface area contributed by atoms with Crippen molar-refractivity contribution in [2.45, 2.75) is 6.42 Å². The molecule has 0 unspecified atom stereocenters. The predicted octanol–water partition coefficient (Wildman–Crippen LogP) is -2.16. The number of hydrogen-bond acceptors (Lipinski definition) is 1. The molecular formula is C8H10ClMgO+. The molecule has 0 aliphatic carbocycles. The van der Waals surface area contributed by atoms with Crippen molar-refractivity contribution in [1.29, 1.82) is 0 Å². The van der Waals surface area contributed by atoms with E-state index in [2.05, 4.69) is 0 Å². The summed E-state index contributed by atoms with van der Waals surface area (Å²) < 4.78 is 0. The number of halogens is 1. The third-order valence-electron chi connectivity index (χ3n) is 1.24. The Morgan fingerprint density at radius 2 is 1.64 bits per heavy atom. The van der Waals surface area contributed by atoms with E-state index >= 15 is 0 Å². The van der Waals surface area contributed by atoms with Gasteiger partial charge in [0.05, 0.1) is 0 Å². The maximum Gasteiger partial charge on any atom is 2.00 e. The van der Waals surface area contributed by atoms with Crippen LogP contribution in [0.4, 0.5) is 0 Å². The quantitative estimate of drug-likeness (QED) is 0.516. The predicted molar refractivity (Wildman–Crippen MR) is 43.0 cm³/mol. The summed E-state index contributed by atoms with van der Waals surface area (Å²) in [5, 5.41) is 8.52. The number of aliphatic hydroxyl groups is 1. The van der Waals surface area contributed by atoms with Crippen LogP contribution in [0.15, 0.2) is 30.3 Å². The molecule has 1 aromatic carbocycles. The fourth-order valence-corrected chi connectivity index (χ4v) is 0.774. The molecule has 0 saturated carbocycles. The zero-order chi connectivity index (χ0) is 6.53. The molecule has 1 aromatic rings. The molecule has 0 aliphatic heterocycles. The monoisotopic (exact) mass is 181 g/mol. The number of aliphatic hydroxyl groups excluding tert-OH is 1. The van der Waals surface area contributed by atoms with E-state index in [0.717, 1.165) is 6.42 Å². The van der Waals surface area contributed by atoms with Crippen molar-refractivity contribution >= 4 is 23.1 Å². The standard InChI is InChI=1S/C8H10O.ClH.Mg/c9-7-6-8-4-2-1-3-5-8;;/h1-5,9H,6-7H2;1H;/q;;+2/p-1. The normalized spacial score (nSPS) is 7.73. The van der Waals surface area contributed by atoms with Crippen molar-refractivity contribution in [3.63, 3.8) is 0 Å². The van der Waals surface area contributed by atoms with E-state index < -0.39 is 0 Å². The zero-order valence-corrected chi connectivity index (χ0v) is 8.50. The first-order valence-electron chi connectivity index (χ1n) is 3.08.